The maximum absolute atomic E-state index is 9.52. The molecule has 0 aliphatic rings. The first kappa shape index (κ1) is 45.9. The Morgan fingerprint density at radius 2 is 1.44 bits per heavy atom. The van der Waals surface area contributed by atoms with Gasteiger partial charge in [0.2, 0.25) is 0 Å². The molecule has 321 valence electrons. The number of aromatic nitrogens is 3. The third kappa shape index (κ3) is 8.99. The van der Waals surface area contributed by atoms with E-state index < -0.39 is 18.7 Å². The van der Waals surface area contributed by atoms with Crippen molar-refractivity contribution in [2.24, 2.45) is 0 Å². The zero-order valence-electron chi connectivity index (χ0n) is 37.8. The van der Waals surface area contributed by atoms with Gasteiger partial charge in [0.15, 0.2) is 0 Å². The number of imidazole rings is 1. The van der Waals surface area contributed by atoms with Gasteiger partial charge in [-0.25, -0.2) is 0 Å². The van der Waals surface area contributed by atoms with Crippen LogP contribution in [0.5, 0.6) is 0 Å². The third-order valence-corrected chi connectivity index (χ3v) is 16.2. The molecule has 0 aliphatic carbocycles. The first-order chi connectivity index (χ1) is 30.2. The average Bonchev–Trinajstić information content (AvgIpc) is 3.87. The molecule has 0 fully saturated rings. The van der Waals surface area contributed by atoms with Crippen LogP contribution in [0.3, 0.4) is 0 Å². The SMILES string of the molecule is CC(C)(C#N)c1ccc(-c2[c-]cccc2)nc1.CC(C)c1cc(-c2cc[c]([Ge]([CH3])([CH3])[CH3])cc2)cc(C(C)C)c1-n1c(-c2[c-]ccc3c2oc2cc(C#N)ccc23)nc2ccccc21.[Ir]. The molecule has 0 aliphatic heterocycles. The normalized spacial score (nSPS) is 11.6. The third-order valence-electron chi connectivity index (χ3n) is 11.8. The number of hydrogen-bond donors (Lipinski definition) is 0. The van der Waals surface area contributed by atoms with E-state index in [1.54, 1.807) is 6.20 Å². The van der Waals surface area contributed by atoms with Crippen molar-refractivity contribution in [1.82, 2.24) is 14.5 Å². The van der Waals surface area contributed by atoms with E-state index in [9.17, 15) is 5.26 Å². The van der Waals surface area contributed by atoms with Crippen LogP contribution in [0, 0.1) is 34.8 Å². The molecule has 0 saturated carbocycles. The fraction of sp³-hybridized carbons (Fsp3) is 0.214. The van der Waals surface area contributed by atoms with Crippen molar-refractivity contribution in [3.63, 3.8) is 0 Å². The van der Waals surface area contributed by atoms with Crippen LogP contribution in [0.4, 0.5) is 0 Å². The van der Waals surface area contributed by atoms with Crippen molar-refractivity contribution in [3.05, 3.63) is 168 Å². The van der Waals surface area contributed by atoms with Gasteiger partial charge >= 0.3 is 201 Å². The van der Waals surface area contributed by atoms with Gasteiger partial charge in [-0.15, -0.1) is 48.0 Å². The van der Waals surface area contributed by atoms with Crippen LogP contribution in [-0.2, 0) is 25.5 Å². The van der Waals surface area contributed by atoms with Gasteiger partial charge in [0.1, 0.15) is 5.58 Å². The van der Waals surface area contributed by atoms with Crippen molar-refractivity contribution in [1.29, 1.82) is 10.5 Å². The second-order valence-corrected chi connectivity index (χ2v) is 29.0. The Hall–Kier alpha value is -6.09. The Morgan fingerprint density at radius 3 is 2.05 bits per heavy atom. The molecule has 0 amide bonds. The van der Waals surface area contributed by atoms with Crippen LogP contribution in [-0.4, -0.2) is 27.8 Å². The summed E-state index contributed by atoms with van der Waals surface area (Å²) in [6.07, 6.45) is 1.76. The van der Waals surface area contributed by atoms with E-state index in [1.165, 1.54) is 32.3 Å². The predicted molar refractivity (Wildman–Crippen MR) is 261 cm³/mol. The molecule has 3 aromatic heterocycles. The van der Waals surface area contributed by atoms with Gasteiger partial charge < -0.3 is 9.40 Å². The molecule has 0 unspecified atom stereocenters. The smallest absolute Gasteiger partial charge is 0 e. The molecule has 8 heteroatoms. The number of furan rings is 1. The fourth-order valence-electron chi connectivity index (χ4n) is 8.09. The number of nitrogens with zero attached hydrogens (tertiary/aromatic N) is 5. The molecule has 0 bridgehead atoms. The first-order valence-electron chi connectivity index (χ1n) is 21.6. The summed E-state index contributed by atoms with van der Waals surface area (Å²) in [6.45, 7) is 12.9. The van der Waals surface area contributed by atoms with Gasteiger partial charge in [-0.05, 0) is 37.2 Å². The fourth-order valence-corrected chi connectivity index (χ4v) is 10.5. The minimum atomic E-state index is -1.92. The van der Waals surface area contributed by atoms with Gasteiger partial charge in [-0.3, -0.25) is 0 Å². The van der Waals surface area contributed by atoms with Gasteiger partial charge in [0, 0.05) is 31.7 Å². The maximum Gasteiger partial charge on any atom is 0 e. The molecule has 0 saturated heterocycles. The largest absolute Gasteiger partial charge is 0 e. The number of pyridine rings is 1. The van der Waals surface area contributed by atoms with E-state index in [2.05, 4.69) is 133 Å². The van der Waals surface area contributed by atoms with E-state index in [1.807, 2.05) is 86.6 Å². The van der Waals surface area contributed by atoms with Crippen molar-refractivity contribution >= 4 is 50.6 Å². The van der Waals surface area contributed by atoms with Crippen LogP contribution >= 0.6 is 0 Å². The summed E-state index contributed by atoms with van der Waals surface area (Å²) >= 11 is -1.92. The number of rotatable bonds is 8. The molecule has 9 rings (SSSR count). The summed E-state index contributed by atoms with van der Waals surface area (Å²) in [5.41, 5.74) is 13.3. The van der Waals surface area contributed by atoms with E-state index >= 15 is 0 Å². The number of para-hydroxylation sites is 2. The maximum atomic E-state index is 9.52. The number of nitriles is 2. The molecule has 9 aromatic rings. The van der Waals surface area contributed by atoms with Gasteiger partial charge in [-0.1, -0.05) is 29.7 Å². The monoisotopic (exact) mass is 1080 g/mol. The van der Waals surface area contributed by atoms with Crippen molar-refractivity contribution < 1.29 is 24.5 Å². The van der Waals surface area contributed by atoms with Crippen LogP contribution in [0.25, 0.3) is 72.4 Å². The average molecular weight is 1070 g/mol. The summed E-state index contributed by atoms with van der Waals surface area (Å²) in [5.74, 6) is 8.65. The van der Waals surface area contributed by atoms with E-state index in [-0.39, 0.29) is 31.9 Å². The molecule has 0 spiro atoms. The number of fused-ring (bicyclic) bond motifs is 4. The second kappa shape index (κ2) is 18.6. The summed E-state index contributed by atoms with van der Waals surface area (Å²) in [6, 6.07) is 54.8. The molecular formula is C56H51GeIrN5O-2. The Bertz CT molecular complexity index is 3170. The van der Waals surface area contributed by atoms with Gasteiger partial charge in [0.25, 0.3) is 0 Å². The minimum Gasteiger partial charge on any atom is 0 e. The van der Waals surface area contributed by atoms with Crippen LogP contribution < -0.4 is 4.40 Å². The Kier molecular flexibility index (Phi) is 13.3. The Labute approximate surface area is 393 Å². The first-order valence-corrected chi connectivity index (χ1v) is 28.9. The molecule has 6 nitrogen and oxygen atoms in total. The second-order valence-electron chi connectivity index (χ2n) is 18.4. The zero-order valence-corrected chi connectivity index (χ0v) is 42.3. The van der Waals surface area contributed by atoms with Gasteiger partial charge in [-0.2, -0.15) is 10.5 Å². The Balaban J connectivity index is 0.000000286. The quantitative estimate of drug-likeness (QED) is 0.112. The topological polar surface area (TPSA) is 91.4 Å². The Morgan fingerprint density at radius 1 is 0.734 bits per heavy atom. The van der Waals surface area contributed by atoms with Gasteiger partial charge in [0.05, 0.1) is 23.1 Å². The number of benzene rings is 6. The van der Waals surface area contributed by atoms with Crippen LogP contribution in [0.1, 0.15) is 75.6 Å². The summed E-state index contributed by atoms with van der Waals surface area (Å²) in [7, 11) is 0. The molecule has 3 heterocycles. The predicted octanol–water partition coefficient (Wildman–Crippen LogP) is 14.1. The summed E-state index contributed by atoms with van der Waals surface area (Å²) in [5, 5.41) is 20.5. The van der Waals surface area contributed by atoms with E-state index in [0.29, 0.717) is 11.1 Å². The van der Waals surface area contributed by atoms with E-state index in [0.717, 1.165) is 55.6 Å². The molecule has 6 aromatic carbocycles. The molecular weight excluding hydrogens is 1020 g/mol. The molecule has 0 atom stereocenters. The standard InChI is InChI=1S/C41H38GeN3O.C15H13N2.Ir/c1-25(2)34-22-29(28-16-18-30(19-17-28)42(5,6)7)23-35(26(3)4)39(34)45-37-14-9-8-13-36(37)44-41(45)33-12-10-11-32-31-20-15-27(24-43)21-38(31)46-40(32)33;1-15(2,11-16)13-8-9-14(17-10-13)12-6-4-3-5-7-12;/h8-11,13-23,25-26H,1-7H3;3-6,8-10H,1-2H3;/q2*-1;. The molecule has 64 heavy (non-hydrogen) atoms. The summed E-state index contributed by atoms with van der Waals surface area (Å²) in [4.78, 5) is 9.63. The van der Waals surface area contributed by atoms with E-state index in [4.69, 9.17) is 14.7 Å². The van der Waals surface area contributed by atoms with Crippen LogP contribution in [0.15, 0.2) is 138 Å². The minimum absolute atomic E-state index is 0. The molecule has 0 N–H and O–H groups in total. The molecule has 1 radical (unpaired) electrons. The zero-order chi connectivity index (χ0) is 44.6. The van der Waals surface area contributed by atoms with Crippen LogP contribution in [0.2, 0.25) is 17.3 Å². The van der Waals surface area contributed by atoms with Crippen molar-refractivity contribution in [3.8, 4) is 51.6 Å². The summed E-state index contributed by atoms with van der Waals surface area (Å²) < 4.78 is 10.4. The van der Waals surface area contributed by atoms with Crippen molar-refractivity contribution in [2.75, 3.05) is 0 Å². The van der Waals surface area contributed by atoms with Crippen molar-refractivity contribution in [2.45, 2.75) is 76.1 Å². The number of hydrogen-bond acceptors (Lipinski definition) is 5.